The van der Waals surface area contributed by atoms with Gasteiger partial charge in [0.1, 0.15) is 0 Å². The highest BCUT2D eigenvalue weighted by Crippen LogP contribution is 2.18. The molecule has 0 unspecified atom stereocenters. The third-order valence-electron chi connectivity index (χ3n) is 3.24. The number of hydrogen-bond acceptors (Lipinski definition) is 4. The van der Waals surface area contributed by atoms with Crippen LogP contribution in [0.4, 0.5) is 5.69 Å². The maximum Gasteiger partial charge on any atom is 0.217 e. The Labute approximate surface area is 120 Å². The summed E-state index contributed by atoms with van der Waals surface area (Å²) in [6.45, 7) is 4.77. The lowest BCUT2D eigenvalue weighted by molar-refractivity contribution is 0.265. The van der Waals surface area contributed by atoms with E-state index >= 15 is 0 Å². The number of benzene rings is 1. The fourth-order valence-electron chi connectivity index (χ4n) is 2.20. The lowest BCUT2D eigenvalue weighted by Crippen LogP contribution is -2.22. The van der Waals surface area contributed by atoms with Crippen LogP contribution in [0.2, 0.25) is 0 Å². The van der Waals surface area contributed by atoms with Gasteiger partial charge >= 0.3 is 0 Å². The summed E-state index contributed by atoms with van der Waals surface area (Å²) in [5, 5.41) is 0. The molecule has 0 aliphatic heterocycles. The van der Waals surface area contributed by atoms with Crippen LogP contribution in [0, 0.1) is 0 Å². The van der Waals surface area contributed by atoms with Crippen LogP contribution < -0.4 is 10.5 Å². The number of anilines is 1. The van der Waals surface area contributed by atoms with Crippen molar-refractivity contribution in [3.8, 4) is 5.88 Å². The van der Waals surface area contributed by atoms with Gasteiger partial charge in [0.15, 0.2) is 0 Å². The molecule has 2 aromatic rings. The van der Waals surface area contributed by atoms with E-state index in [0.717, 1.165) is 30.9 Å². The number of nitrogens with two attached hydrogens (primary N) is 1. The molecule has 20 heavy (non-hydrogen) atoms. The van der Waals surface area contributed by atoms with Crippen LogP contribution in [-0.2, 0) is 13.1 Å². The van der Waals surface area contributed by atoms with Crippen molar-refractivity contribution in [2.24, 2.45) is 0 Å². The highest BCUT2D eigenvalue weighted by molar-refractivity contribution is 5.40. The topological polar surface area (TPSA) is 51.4 Å². The Morgan fingerprint density at radius 2 is 2.05 bits per heavy atom. The Morgan fingerprint density at radius 3 is 2.75 bits per heavy atom. The molecule has 0 amide bonds. The third-order valence-corrected chi connectivity index (χ3v) is 3.24. The monoisotopic (exact) mass is 271 g/mol. The zero-order valence-corrected chi connectivity index (χ0v) is 12.0. The molecule has 0 aliphatic carbocycles. The highest BCUT2D eigenvalue weighted by Gasteiger charge is 2.09. The summed E-state index contributed by atoms with van der Waals surface area (Å²) in [6, 6.07) is 12.0. The number of nitrogen functional groups attached to an aromatic ring is 1. The molecule has 0 radical (unpaired) electrons. The van der Waals surface area contributed by atoms with E-state index in [2.05, 4.69) is 22.9 Å². The van der Waals surface area contributed by atoms with E-state index < -0.39 is 0 Å². The zero-order valence-electron chi connectivity index (χ0n) is 12.0. The van der Waals surface area contributed by atoms with Gasteiger partial charge in [-0.3, -0.25) is 4.90 Å². The number of hydrogen-bond donors (Lipinski definition) is 1. The number of ether oxygens (including phenoxy) is 1. The minimum Gasteiger partial charge on any atom is -0.481 e. The minimum absolute atomic E-state index is 0.693. The molecule has 0 atom stereocenters. The summed E-state index contributed by atoms with van der Waals surface area (Å²) in [6.07, 6.45) is 1.75. The second-order valence-corrected chi connectivity index (χ2v) is 4.72. The molecule has 0 saturated carbocycles. The molecule has 0 spiro atoms. The van der Waals surface area contributed by atoms with E-state index in [1.807, 2.05) is 30.3 Å². The largest absolute Gasteiger partial charge is 0.481 e. The van der Waals surface area contributed by atoms with Crippen LogP contribution in [0.25, 0.3) is 0 Å². The zero-order chi connectivity index (χ0) is 14.4. The van der Waals surface area contributed by atoms with Crippen molar-refractivity contribution in [2.45, 2.75) is 20.0 Å². The van der Waals surface area contributed by atoms with Crippen LogP contribution in [0.15, 0.2) is 42.6 Å². The lowest BCUT2D eigenvalue weighted by atomic mass is 10.1. The number of pyridine rings is 1. The first kappa shape index (κ1) is 14.3. The maximum absolute atomic E-state index is 5.83. The summed E-state index contributed by atoms with van der Waals surface area (Å²) in [5.41, 5.74) is 8.94. The molecular formula is C16H21N3O. The average molecular weight is 271 g/mol. The molecule has 0 bridgehead atoms. The predicted molar refractivity (Wildman–Crippen MR) is 81.4 cm³/mol. The Bertz CT molecular complexity index is 557. The van der Waals surface area contributed by atoms with E-state index in [4.69, 9.17) is 10.5 Å². The molecule has 4 nitrogen and oxygen atoms in total. The summed E-state index contributed by atoms with van der Waals surface area (Å²) in [5.74, 6) is 0.693. The molecule has 2 N–H and O–H groups in total. The Morgan fingerprint density at radius 1 is 1.20 bits per heavy atom. The second-order valence-electron chi connectivity index (χ2n) is 4.72. The Balaban J connectivity index is 2.09. The molecule has 4 heteroatoms. The fourth-order valence-corrected chi connectivity index (χ4v) is 2.20. The second kappa shape index (κ2) is 6.91. The van der Waals surface area contributed by atoms with E-state index in [1.165, 1.54) is 5.56 Å². The Kier molecular flexibility index (Phi) is 4.96. The van der Waals surface area contributed by atoms with Gasteiger partial charge in [0.05, 0.1) is 7.11 Å². The smallest absolute Gasteiger partial charge is 0.217 e. The summed E-state index contributed by atoms with van der Waals surface area (Å²) in [7, 11) is 1.65. The summed E-state index contributed by atoms with van der Waals surface area (Å²) in [4.78, 5) is 6.56. The lowest BCUT2D eigenvalue weighted by Gasteiger charge is -2.21. The van der Waals surface area contributed by atoms with E-state index in [0.29, 0.717) is 5.88 Å². The van der Waals surface area contributed by atoms with Crippen molar-refractivity contribution >= 4 is 5.69 Å². The van der Waals surface area contributed by atoms with Crippen molar-refractivity contribution in [3.63, 3.8) is 0 Å². The molecule has 1 heterocycles. The predicted octanol–water partition coefficient (Wildman–Crippen LogP) is 2.69. The first-order chi connectivity index (χ1) is 9.72. The molecule has 0 saturated heterocycles. The fraction of sp³-hybridized carbons (Fsp3) is 0.312. The SMILES string of the molecule is CCN(Cc1cccc(N)c1)Cc1cccnc1OC. The van der Waals surface area contributed by atoms with Crippen molar-refractivity contribution in [3.05, 3.63) is 53.7 Å². The molecule has 1 aromatic carbocycles. The van der Waals surface area contributed by atoms with Gasteiger partial charge in [-0.1, -0.05) is 25.1 Å². The first-order valence-corrected chi connectivity index (χ1v) is 6.77. The molecule has 1 aromatic heterocycles. The van der Waals surface area contributed by atoms with Gasteiger partial charge in [-0.05, 0) is 30.3 Å². The normalized spacial score (nSPS) is 10.8. The number of methoxy groups -OCH3 is 1. The van der Waals surface area contributed by atoms with Crippen LogP contribution in [-0.4, -0.2) is 23.5 Å². The quantitative estimate of drug-likeness (QED) is 0.821. The number of rotatable bonds is 6. The number of aromatic nitrogens is 1. The molecule has 0 aliphatic rings. The van der Waals surface area contributed by atoms with Crippen molar-refractivity contribution in [1.82, 2.24) is 9.88 Å². The summed E-state index contributed by atoms with van der Waals surface area (Å²) < 4.78 is 5.30. The van der Waals surface area contributed by atoms with E-state index in [9.17, 15) is 0 Å². The third kappa shape index (κ3) is 3.71. The summed E-state index contributed by atoms with van der Waals surface area (Å²) >= 11 is 0. The number of nitrogens with zero attached hydrogens (tertiary/aromatic N) is 2. The van der Waals surface area contributed by atoms with Gasteiger partial charge < -0.3 is 10.5 Å². The van der Waals surface area contributed by atoms with E-state index in [-0.39, 0.29) is 0 Å². The van der Waals surface area contributed by atoms with Crippen LogP contribution in [0.3, 0.4) is 0 Å². The van der Waals surface area contributed by atoms with Crippen molar-refractivity contribution in [1.29, 1.82) is 0 Å². The molecule has 106 valence electrons. The van der Waals surface area contributed by atoms with Gasteiger partial charge in [0.25, 0.3) is 0 Å². The molecule has 0 fully saturated rings. The minimum atomic E-state index is 0.693. The van der Waals surface area contributed by atoms with E-state index in [1.54, 1.807) is 13.3 Å². The average Bonchev–Trinajstić information content (AvgIpc) is 2.47. The molecular weight excluding hydrogens is 250 g/mol. The van der Waals surface area contributed by atoms with Crippen molar-refractivity contribution < 1.29 is 4.74 Å². The van der Waals surface area contributed by atoms with Gasteiger partial charge in [0.2, 0.25) is 5.88 Å². The van der Waals surface area contributed by atoms with Crippen LogP contribution in [0.5, 0.6) is 5.88 Å². The standard InChI is InChI=1S/C16H21N3O/c1-3-19(11-13-6-4-8-15(17)10-13)12-14-7-5-9-18-16(14)20-2/h4-10H,3,11-12,17H2,1-2H3. The van der Waals surface area contributed by atoms with Crippen molar-refractivity contribution in [2.75, 3.05) is 19.4 Å². The maximum atomic E-state index is 5.83. The van der Waals surface area contributed by atoms with Gasteiger partial charge in [-0.25, -0.2) is 4.98 Å². The Hall–Kier alpha value is -2.07. The first-order valence-electron chi connectivity index (χ1n) is 6.77. The highest BCUT2D eigenvalue weighted by atomic mass is 16.5. The van der Waals surface area contributed by atoms with Gasteiger partial charge in [-0.15, -0.1) is 0 Å². The van der Waals surface area contributed by atoms with Gasteiger partial charge in [0, 0.05) is 30.5 Å². The molecule has 2 rings (SSSR count). The van der Waals surface area contributed by atoms with Crippen LogP contribution in [0.1, 0.15) is 18.1 Å². The van der Waals surface area contributed by atoms with Crippen LogP contribution >= 0.6 is 0 Å². The van der Waals surface area contributed by atoms with Gasteiger partial charge in [-0.2, -0.15) is 0 Å².